The van der Waals surface area contributed by atoms with Gasteiger partial charge in [-0.2, -0.15) is 5.10 Å². The summed E-state index contributed by atoms with van der Waals surface area (Å²) in [5.41, 5.74) is 4.17. The van der Waals surface area contributed by atoms with E-state index in [1.807, 2.05) is 24.1 Å². The van der Waals surface area contributed by atoms with Crippen molar-refractivity contribution in [2.24, 2.45) is 18.8 Å². The van der Waals surface area contributed by atoms with Crippen LogP contribution >= 0.6 is 0 Å². The molecule has 0 amide bonds. The van der Waals surface area contributed by atoms with Gasteiger partial charge < -0.3 is 0 Å². The summed E-state index contributed by atoms with van der Waals surface area (Å²) in [7, 11) is 1.94. The zero-order valence-corrected chi connectivity index (χ0v) is 9.90. The normalized spacial score (nSPS) is 13.4. The molecule has 0 saturated heterocycles. The molecule has 86 valence electrons. The standard InChI is InChI=1S/C11H22N4/c1-4-10(5-2)11(14-12)6-9-7-13-15(3)8-9/h7-8,10-11,14H,4-6,12H2,1-3H3. The fraction of sp³-hybridized carbons (Fsp3) is 0.727. The molecule has 15 heavy (non-hydrogen) atoms. The Morgan fingerprint density at radius 2 is 2.13 bits per heavy atom. The Morgan fingerprint density at radius 1 is 1.47 bits per heavy atom. The van der Waals surface area contributed by atoms with Gasteiger partial charge in [0, 0.05) is 19.3 Å². The molecule has 0 aliphatic carbocycles. The van der Waals surface area contributed by atoms with E-state index in [1.54, 1.807) is 0 Å². The number of nitrogens with two attached hydrogens (primary N) is 1. The summed E-state index contributed by atoms with van der Waals surface area (Å²) in [6, 6.07) is 0.351. The highest BCUT2D eigenvalue weighted by Gasteiger charge is 2.17. The first-order chi connectivity index (χ1) is 7.21. The van der Waals surface area contributed by atoms with E-state index < -0.39 is 0 Å². The molecule has 0 aliphatic heterocycles. The SMILES string of the molecule is CCC(CC)C(Cc1cnn(C)c1)NN. The summed E-state index contributed by atoms with van der Waals surface area (Å²) in [5, 5.41) is 4.16. The predicted molar refractivity (Wildman–Crippen MR) is 62.1 cm³/mol. The van der Waals surface area contributed by atoms with Crippen molar-refractivity contribution in [2.75, 3.05) is 0 Å². The van der Waals surface area contributed by atoms with Crippen LogP contribution in [0.2, 0.25) is 0 Å². The first kappa shape index (κ1) is 12.2. The number of hydrogen-bond acceptors (Lipinski definition) is 3. The van der Waals surface area contributed by atoms with Gasteiger partial charge in [-0.15, -0.1) is 0 Å². The highest BCUT2D eigenvalue weighted by molar-refractivity contribution is 5.06. The van der Waals surface area contributed by atoms with Gasteiger partial charge in [-0.05, 0) is 17.9 Å². The summed E-state index contributed by atoms with van der Waals surface area (Å²) in [5.74, 6) is 6.24. The van der Waals surface area contributed by atoms with Crippen LogP contribution in [0.1, 0.15) is 32.3 Å². The average Bonchev–Trinajstić information content (AvgIpc) is 2.64. The van der Waals surface area contributed by atoms with E-state index >= 15 is 0 Å². The maximum atomic E-state index is 5.60. The highest BCUT2D eigenvalue weighted by Crippen LogP contribution is 2.16. The number of nitrogens with one attached hydrogen (secondary N) is 1. The molecule has 0 saturated carbocycles. The van der Waals surface area contributed by atoms with E-state index in [0.717, 1.165) is 19.3 Å². The number of aromatic nitrogens is 2. The number of hydrogen-bond donors (Lipinski definition) is 2. The van der Waals surface area contributed by atoms with Gasteiger partial charge in [0.05, 0.1) is 6.20 Å². The first-order valence-corrected chi connectivity index (χ1v) is 5.64. The zero-order valence-electron chi connectivity index (χ0n) is 9.90. The molecule has 1 rings (SSSR count). The van der Waals surface area contributed by atoms with Gasteiger partial charge in [-0.25, -0.2) is 0 Å². The van der Waals surface area contributed by atoms with E-state index in [1.165, 1.54) is 5.56 Å². The Bertz CT molecular complexity index is 278. The van der Waals surface area contributed by atoms with Gasteiger partial charge in [-0.1, -0.05) is 26.7 Å². The fourth-order valence-corrected chi connectivity index (χ4v) is 2.05. The molecular weight excluding hydrogens is 188 g/mol. The average molecular weight is 210 g/mol. The van der Waals surface area contributed by atoms with Crippen LogP contribution in [0.5, 0.6) is 0 Å². The smallest absolute Gasteiger partial charge is 0.0522 e. The Hall–Kier alpha value is -0.870. The van der Waals surface area contributed by atoms with Gasteiger partial charge >= 0.3 is 0 Å². The van der Waals surface area contributed by atoms with E-state index in [9.17, 15) is 0 Å². The van der Waals surface area contributed by atoms with Crippen LogP contribution < -0.4 is 11.3 Å². The molecule has 1 aromatic heterocycles. The van der Waals surface area contributed by atoms with E-state index in [2.05, 4.69) is 24.4 Å². The van der Waals surface area contributed by atoms with Crippen LogP contribution in [0.25, 0.3) is 0 Å². The lowest BCUT2D eigenvalue weighted by Gasteiger charge is -2.23. The van der Waals surface area contributed by atoms with Crippen molar-refractivity contribution in [3.63, 3.8) is 0 Å². The minimum atomic E-state index is 0.351. The van der Waals surface area contributed by atoms with Crippen molar-refractivity contribution in [1.29, 1.82) is 0 Å². The minimum Gasteiger partial charge on any atom is -0.276 e. The molecule has 4 nitrogen and oxygen atoms in total. The maximum Gasteiger partial charge on any atom is 0.0522 e. The molecule has 4 heteroatoms. The molecule has 1 aromatic rings. The zero-order chi connectivity index (χ0) is 11.3. The molecule has 0 radical (unpaired) electrons. The Kier molecular flexibility index (Phi) is 4.78. The lowest BCUT2D eigenvalue weighted by Crippen LogP contribution is -2.42. The first-order valence-electron chi connectivity index (χ1n) is 5.64. The fourth-order valence-electron chi connectivity index (χ4n) is 2.05. The molecule has 1 atom stereocenters. The molecule has 0 spiro atoms. The van der Waals surface area contributed by atoms with Crippen LogP contribution in [0.4, 0.5) is 0 Å². The van der Waals surface area contributed by atoms with E-state index in [0.29, 0.717) is 12.0 Å². The second-order valence-corrected chi connectivity index (χ2v) is 4.08. The second kappa shape index (κ2) is 5.88. The molecule has 0 fully saturated rings. The predicted octanol–water partition coefficient (Wildman–Crippen LogP) is 1.23. The molecule has 1 unspecified atom stereocenters. The van der Waals surface area contributed by atoms with E-state index in [4.69, 9.17) is 5.84 Å². The van der Waals surface area contributed by atoms with Crippen LogP contribution in [-0.4, -0.2) is 15.8 Å². The van der Waals surface area contributed by atoms with Gasteiger partial charge in [0.25, 0.3) is 0 Å². The van der Waals surface area contributed by atoms with Crippen LogP contribution in [0.3, 0.4) is 0 Å². The van der Waals surface area contributed by atoms with Gasteiger partial charge in [0.1, 0.15) is 0 Å². The van der Waals surface area contributed by atoms with Gasteiger partial charge in [-0.3, -0.25) is 16.0 Å². The third-order valence-corrected chi connectivity index (χ3v) is 3.05. The highest BCUT2D eigenvalue weighted by atomic mass is 15.2. The topological polar surface area (TPSA) is 55.9 Å². The van der Waals surface area contributed by atoms with Crippen LogP contribution in [0.15, 0.2) is 12.4 Å². The number of nitrogens with zero attached hydrogens (tertiary/aromatic N) is 2. The summed E-state index contributed by atoms with van der Waals surface area (Å²) in [4.78, 5) is 0. The number of aryl methyl sites for hydroxylation is 1. The molecule has 0 bridgehead atoms. The molecule has 3 N–H and O–H groups in total. The second-order valence-electron chi connectivity index (χ2n) is 4.08. The molecular formula is C11H22N4. The summed E-state index contributed by atoms with van der Waals surface area (Å²) in [6.45, 7) is 4.42. The third-order valence-electron chi connectivity index (χ3n) is 3.05. The van der Waals surface area contributed by atoms with Crippen molar-refractivity contribution >= 4 is 0 Å². The van der Waals surface area contributed by atoms with Crippen molar-refractivity contribution in [3.8, 4) is 0 Å². The Morgan fingerprint density at radius 3 is 2.53 bits per heavy atom. The summed E-state index contributed by atoms with van der Waals surface area (Å²) < 4.78 is 1.83. The number of hydrazine groups is 1. The van der Waals surface area contributed by atoms with Crippen molar-refractivity contribution in [2.45, 2.75) is 39.2 Å². The van der Waals surface area contributed by atoms with Crippen molar-refractivity contribution in [3.05, 3.63) is 18.0 Å². The third kappa shape index (κ3) is 3.32. The van der Waals surface area contributed by atoms with Crippen molar-refractivity contribution in [1.82, 2.24) is 15.2 Å². The monoisotopic (exact) mass is 210 g/mol. The van der Waals surface area contributed by atoms with Gasteiger partial charge in [0.15, 0.2) is 0 Å². The van der Waals surface area contributed by atoms with Gasteiger partial charge in [0.2, 0.25) is 0 Å². The number of rotatable bonds is 6. The van der Waals surface area contributed by atoms with E-state index in [-0.39, 0.29) is 0 Å². The summed E-state index contributed by atoms with van der Waals surface area (Å²) >= 11 is 0. The van der Waals surface area contributed by atoms with Crippen LogP contribution in [0, 0.1) is 5.92 Å². The lowest BCUT2D eigenvalue weighted by atomic mass is 9.91. The maximum absolute atomic E-state index is 5.60. The Balaban J connectivity index is 2.60. The Labute approximate surface area is 91.8 Å². The lowest BCUT2D eigenvalue weighted by molar-refractivity contribution is 0.335. The quantitative estimate of drug-likeness (QED) is 0.548. The minimum absolute atomic E-state index is 0.351. The molecule has 0 aromatic carbocycles. The summed E-state index contributed by atoms with van der Waals surface area (Å²) in [6.07, 6.45) is 7.23. The van der Waals surface area contributed by atoms with Crippen LogP contribution in [-0.2, 0) is 13.5 Å². The largest absolute Gasteiger partial charge is 0.276 e. The van der Waals surface area contributed by atoms with Crippen molar-refractivity contribution < 1.29 is 0 Å². The molecule has 1 heterocycles. The molecule has 0 aliphatic rings.